The van der Waals surface area contributed by atoms with Gasteiger partial charge in [-0.05, 0) is 111 Å². The first-order valence-corrected chi connectivity index (χ1v) is 12.7. The van der Waals surface area contributed by atoms with Crippen LogP contribution in [0.5, 0.6) is 0 Å². The second kappa shape index (κ2) is 9.45. The molecule has 0 aromatic heterocycles. The summed E-state index contributed by atoms with van der Waals surface area (Å²) in [7, 11) is 0. The number of allylic oxidation sites excluding steroid dienone is 1. The number of hydrogen-bond acceptors (Lipinski definition) is 2. The van der Waals surface area contributed by atoms with Crippen molar-refractivity contribution in [1.82, 2.24) is 0 Å². The van der Waals surface area contributed by atoms with Gasteiger partial charge in [0.05, 0.1) is 12.2 Å². The third-order valence-electron chi connectivity index (χ3n) is 10.4. The summed E-state index contributed by atoms with van der Waals surface area (Å²) in [5.41, 5.74) is 2.33. The molecular weight excluding hydrogens is 563 g/mol. The number of rotatable bonds is 5. The van der Waals surface area contributed by atoms with Gasteiger partial charge < -0.3 is 10.2 Å². The van der Waals surface area contributed by atoms with Crippen LogP contribution in [0.25, 0.3) is 0 Å². The van der Waals surface area contributed by atoms with E-state index >= 15 is 0 Å². The summed E-state index contributed by atoms with van der Waals surface area (Å²) in [5.74, 6) is 4.25. The summed E-state index contributed by atoms with van der Waals surface area (Å²) in [6.45, 7) is 12.0. The van der Waals surface area contributed by atoms with Crippen LogP contribution in [0.4, 0.5) is 0 Å². The summed E-state index contributed by atoms with van der Waals surface area (Å²) < 4.78 is 0. The van der Waals surface area contributed by atoms with Crippen LogP contribution in [0.15, 0.2) is 11.6 Å². The molecule has 0 aromatic carbocycles. The molecule has 4 rings (SSSR count). The molecule has 0 spiro atoms. The predicted octanol–water partition coefficient (Wildman–Crippen LogP) is 5.44. The third kappa shape index (κ3) is 4.24. The maximum atomic E-state index is 11.0. The van der Waals surface area contributed by atoms with Crippen molar-refractivity contribution in [2.45, 2.75) is 111 Å². The van der Waals surface area contributed by atoms with Gasteiger partial charge >= 0.3 is 27.3 Å². The van der Waals surface area contributed by atoms with E-state index in [0.29, 0.717) is 28.6 Å². The molecule has 4 aliphatic rings. The molecule has 2 N–H and O–H groups in total. The molecule has 0 saturated heterocycles. The Morgan fingerprint density at radius 2 is 1.73 bits per heavy atom. The first-order chi connectivity index (χ1) is 13.7. The van der Waals surface area contributed by atoms with E-state index < -0.39 is 0 Å². The van der Waals surface area contributed by atoms with Crippen LogP contribution in [-0.2, 0) is 0 Å². The molecule has 30 heavy (non-hydrogen) atoms. The van der Waals surface area contributed by atoms with Crippen molar-refractivity contribution in [2.75, 3.05) is 0 Å². The fourth-order valence-electron chi connectivity index (χ4n) is 8.58. The van der Waals surface area contributed by atoms with Gasteiger partial charge in [-0.3, -0.25) is 0 Å². The standard InChI is InChI=1S/C27H46O2.Pb.2H/c1-17(2)6-11-25(29)18(3)22-9-10-23-21-8-7-19-16-20(28)12-14-26(19,4)24(21)13-15-27(22,23)5;;;/h7,17-18,20-25,28-29H,6,8-16H2,1-5H3;;;/t18-,20-,21-,22+,23-,24-,25?,26-,27+;;;/m0.../s1. The third-order valence-corrected chi connectivity index (χ3v) is 10.4. The van der Waals surface area contributed by atoms with Gasteiger partial charge in [-0.2, -0.15) is 0 Å². The minimum absolute atomic E-state index is 0. The van der Waals surface area contributed by atoms with Gasteiger partial charge in [0.15, 0.2) is 0 Å². The molecule has 0 aliphatic heterocycles. The van der Waals surface area contributed by atoms with Gasteiger partial charge in [-0.1, -0.05) is 46.3 Å². The SMILES string of the molecule is CC(C)CCC(O)[C@@H](C)[C@H]1CC[C@H]2[C@@H]3CC=C4C[C@@H](O)CC[C@]4(C)[C@H]3CC[C@]12C.[PbH2]. The molecule has 172 valence electrons. The second-order valence-electron chi connectivity index (χ2n) is 12.3. The first kappa shape index (κ1) is 25.2. The fourth-order valence-corrected chi connectivity index (χ4v) is 8.58. The van der Waals surface area contributed by atoms with Gasteiger partial charge in [-0.25, -0.2) is 0 Å². The van der Waals surface area contributed by atoms with Gasteiger partial charge in [0.25, 0.3) is 0 Å². The Labute approximate surface area is 205 Å². The average molecular weight is 612 g/mol. The predicted molar refractivity (Wildman–Crippen MR) is 129 cm³/mol. The monoisotopic (exact) mass is 612 g/mol. The number of aliphatic hydroxyl groups is 2. The Morgan fingerprint density at radius 3 is 2.43 bits per heavy atom. The number of hydrogen-bond donors (Lipinski definition) is 2. The molecule has 2 radical (unpaired) electrons. The van der Waals surface area contributed by atoms with Crippen LogP contribution in [0, 0.1) is 46.3 Å². The number of aliphatic hydroxyl groups excluding tert-OH is 2. The van der Waals surface area contributed by atoms with Crippen LogP contribution < -0.4 is 0 Å². The van der Waals surface area contributed by atoms with E-state index in [4.69, 9.17) is 0 Å². The number of fused-ring (bicyclic) bond motifs is 5. The molecular formula is C27H48O2Pb. The zero-order valence-electron chi connectivity index (χ0n) is 20.4. The van der Waals surface area contributed by atoms with E-state index in [0.717, 1.165) is 43.4 Å². The molecule has 3 heteroatoms. The van der Waals surface area contributed by atoms with Crippen molar-refractivity contribution in [3.63, 3.8) is 0 Å². The van der Waals surface area contributed by atoms with E-state index in [1.807, 2.05) is 0 Å². The molecule has 4 aliphatic carbocycles. The molecule has 1 unspecified atom stereocenters. The quantitative estimate of drug-likeness (QED) is 0.321. The Balaban J connectivity index is 0.00000256. The average Bonchev–Trinajstić information content (AvgIpc) is 3.03. The van der Waals surface area contributed by atoms with E-state index in [-0.39, 0.29) is 39.5 Å². The van der Waals surface area contributed by atoms with Crippen LogP contribution in [0.1, 0.15) is 98.8 Å². The normalized spacial score (nSPS) is 44.9. The van der Waals surface area contributed by atoms with Gasteiger partial charge in [0, 0.05) is 0 Å². The van der Waals surface area contributed by atoms with E-state index in [9.17, 15) is 10.2 Å². The van der Waals surface area contributed by atoms with Crippen molar-refractivity contribution in [1.29, 1.82) is 0 Å². The van der Waals surface area contributed by atoms with Crippen molar-refractivity contribution in [2.24, 2.45) is 46.3 Å². The van der Waals surface area contributed by atoms with Crippen LogP contribution >= 0.6 is 0 Å². The van der Waals surface area contributed by atoms with Gasteiger partial charge in [0.1, 0.15) is 0 Å². The Hall–Kier alpha value is 0.582. The molecule has 3 fully saturated rings. The fraction of sp³-hybridized carbons (Fsp3) is 0.926. The Kier molecular flexibility index (Phi) is 7.94. The van der Waals surface area contributed by atoms with Crippen LogP contribution in [0.2, 0.25) is 0 Å². The molecule has 3 saturated carbocycles. The second-order valence-corrected chi connectivity index (χ2v) is 12.3. The summed E-state index contributed by atoms with van der Waals surface area (Å²) in [6.07, 6.45) is 14.1. The van der Waals surface area contributed by atoms with Crippen molar-refractivity contribution >= 4 is 27.3 Å². The van der Waals surface area contributed by atoms with Gasteiger partial charge in [-0.15, -0.1) is 0 Å². The van der Waals surface area contributed by atoms with Crippen LogP contribution in [-0.4, -0.2) is 49.7 Å². The van der Waals surface area contributed by atoms with E-state index in [1.165, 1.54) is 38.5 Å². The zero-order valence-corrected chi connectivity index (χ0v) is 25.9. The molecule has 0 bridgehead atoms. The van der Waals surface area contributed by atoms with E-state index in [1.54, 1.807) is 5.57 Å². The van der Waals surface area contributed by atoms with Crippen molar-refractivity contribution < 1.29 is 10.2 Å². The minimum atomic E-state index is -0.133. The van der Waals surface area contributed by atoms with Crippen LogP contribution in [0.3, 0.4) is 0 Å². The molecule has 9 atom stereocenters. The molecule has 2 nitrogen and oxygen atoms in total. The Morgan fingerprint density at radius 1 is 1.00 bits per heavy atom. The van der Waals surface area contributed by atoms with Crippen molar-refractivity contribution in [3.05, 3.63) is 11.6 Å². The summed E-state index contributed by atoms with van der Waals surface area (Å²) >= 11 is 0. The molecule has 0 aromatic rings. The summed E-state index contributed by atoms with van der Waals surface area (Å²) in [6, 6.07) is 0. The topological polar surface area (TPSA) is 40.5 Å². The maximum absolute atomic E-state index is 11.0. The zero-order chi connectivity index (χ0) is 21.0. The van der Waals surface area contributed by atoms with Gasteiger partial charge in [0.2, 0.25) is 0 Å². The first-order valence-electron chi connectivity index (χ1n) is 12.7. The van der Waals surface area contributed by atoms with Crippen molar-refractivity contribution in [3.8, 4) is 0 Å². The van der Waals surface area contributed by atoms with E-state index in [2.05, 4.69) is 40.7 Å². The summed E-state index contributed by atoms with van der Waals surface area (Å²) in [5, 5.41) is 21.2. The molecule has 0 amide bonds. The Bertz CT molecular complexity index is 630. The summed E-state index contributed by atoms with van der Waals surface area (Å²) in [4.78, 5) is 0. The molecule has 0 heterocycles.